The summed E-state index contributed by atoms with van der Waals surface area (Å²) in [5.41, 5.74) is 0. The minimum Gasteiger partial charge on any atom is -0.382 e. The predicted molar refractivity (Wildman–Crippen MR) is 63.5 cm³/mol. The Morgan fingerprint density at radius 2 is 1.88 bits per heavy atom. The Bertz CT molecular complexity index is 173. The minimum atomic E-state index is 0.141. The summed E-state index contributed by atoms with van der Waals surface area (Å²) in [6.45, 7) is 8.38. The summed E-state index contributed by atoms with van der Waals surface area (Å²) in [7, 11) is 1.64. The molecule has 0 aromatic heterocycles. The summed E-state index contributed by atoms with van der Waals surface area (Å²) in [6.07, 6.45) is 0. The number of ether oxygens (including phenoxy) is 2. The lowest BCUT2D eigenvalue weighted by Gasteiger charge is -2.18. The average molecular weight is 232 g/mol. The van der Waals surface area contributed by atoms with E-state index in [1.165, 1.54) is 0 Å². The van der Waals surface area contributed by atoms with Crippen LogP contribution < -0.4 is 5.32 Å². The van der Waals surface area contributed by atoms with Gasteiger partial charge in [-0.2, -0.15) is 0 Å². The number of rotatable bonds is 10. The second-order valence-electron chi connectivity index (χ2n) is 3.35. The van der Waals surface area contributed by atoms with Gasteiger partial charge in [0, 0.05) is 26.7 Å². The van der Waals surface area contributed by atoms with Crippen molar-refractivity contribution < 1.29 is 14.3 Å². The molecule has 1 amide bonds. The van der Waals surface area contributed by atoms with E-state index in [9.17, 15) is 4.79 Å². The molecule has 0 aromatic carbocycles. The predicted octanol–water partition coefficient (Wildman–Crippen LogP) is 0.107. The normalized spacial score (nSPS) is 10.4. The Morgan fingerprint density at radius 1 is 1.19 bits per heavy atom. The molecule has 5 heteroatoms. The zero-order valence-corrected chi connectivity index (χ0v) is 10.6. The summed E-state index contributed by atoms with van der Waals surface area (Å²) in [5.74, 6) is 0.141. The zero-order chi connectivity index (χ0) is 12.2. The molecule has 0 aliphatic heterocycles. The fourth-order valence-corrected chi connectivity index (χ4v) is 1.27. The van der Waals surface area contributed by atoms with Gasteiger partial charge in [0.15, 0.2) is 0 Å². The smallest absolute Gasteiger partial charge is 0.236 e. The number of amides is 1. The first-order valence-electron chi connectivity index (χ1n) is 5.81. The van der Waals surface area contributed by atoms with Gasteiger partial charge in [-0.3, -0.25) is 4.79 Å². The van der Waals surface area contributed by atoms with Crippen LogP contribution in [0.2, 0.25) is 0 Å². The van der Waals surface area contributed by atoms with Crippen molar-refractivity contribution in [3.8, 4) is 0 Å². The molecule has 0 radical (unpaired) electrons. The minimum absolute atomic E-state index is 0.141. The molecule has 96 valence electrons. The SMILES string of the molecule is CCN(CC)C(=O)CNCCOCCOC. The van der Waals surface area contributed by atoms with Crippen LogP contribution in [-0.4, -0.2) is 63.9 Å². The van der Waals surface area contributed by atoms with Gasteiger partial charge < -0.3 is 19.7 Å². The Morgan fingerprint density at radius 3 is 2.44 bits per heavy atom. The molecule has 5 nitrogen and oxygen atoms in total. The second kappa shape index (κ2) is 10.9. The average Bonchev–Trinajstić information content (AvgIpc) is 2.29. The molecule has 0 aliphatic rings. The lowest BCUT2D eigenvalue weighted by Crippen LogP contribution is -2.38. The largest absolute Gasteiger partial charge is 0.382 e. The van der Waals surface area contributed by atoms with Gasteiger partial charge in [-0.25, -0.2) is 0 Å². The van der Waals surface area contributed by atoms with Crippen molar-refractivity contribution in [1.82, 2.24) is 10.2 Å². The van der Waals surface area contributed by atoms with E-state index in [0.717, 1.165) is 13.1 Å². The monoisotopic (exact) mass is 232 g/mol. The van der Waals surface area contributed by atoms with Crippen molar-refractivity contribution in [3.05, 3.63) is 0 Å². The van der Waals surface area contributed by atoms with E-state index >= 15 is 0 Å². The molecular formula is C11H24N2O3. The molecule has 0 fully saturated rings. The van der Waals surface area contributed by atoms with Gasteiger partial charge >= 0.3 is 0 Å². The molecule has 1 N–H and O–H groups in total. The van der Waals surface area contributed by atoms with E-state index in [4.69, 9.17) is 9.47 Å². The molecule has 0 aliphatic carbocycles. The van der Waals surface area contributed by atoms with Crippen LogP contribution in [0.15, 0.2) is 0 Å². The molecule has 0 heterocycles. The molecule has 0 atom stereocenters. The maximum absolute atomic E-state index is 11.5. The summed E-state index contributed by atoms with van der Waals surface area (Å²) in [5, 5.41) is 3.05. The van der Waals surface area contributed by atoms with E-state index in [0.29, 0.717) is 32.9 Å². The third-order valence-corrected chi connectivity index (χ3v) is 2.25. The standard InChI is InChI=1S/C11H24N2O3/c1-4-13(5-2)11(14)10-12-6-7-16-9-8-15-3/h12H,4-10H2,1-3H3. The van der Waals surface area contributed by atoms with Crippen molar-refractivity contribution in [2.75, 3.05) is 53.1 Å². The van der Waals surface area contributed by atoms with Crippen molar-refractivity contribution in [3.63, 3.8) is 0 Å². The van der Waals surface area contributed by atoms with E-state index < -0.39 is 0 Å². The Kier molecular flexibility index (Phi) is 10.4. The van der Waals surface area contributed by atoms with Gasteiger partial charge in [0.25, 0.3) is 0 Å². The van der Waals surface area contributed by atoms with Crippen LogP contribution in [0.25, 0.3) is 0 Å². The summed E-state index contributed by atoms with van der Waals surface area (Å²) >= 11 is 0. The van der Waals surface area contributed by atoms with Gasteiger partial charge in [-0.05, 0) is 13.8 Å². The third kappa shape index (κ3) is 7.62. The van der Waals surface area contributed by atoms with Crippen LogP contribution in [0.4, 0.5) is 0 Å². The first-order valence-corrected chi connectivity index (χ1v) is 5.81. The van der Waals surface area contributed by atoms with E-state index in [2.05, 4.69) is 5.32 Å². The maximum Gasteiger partial charge on any atom is 0.236 e. The fourth-order valence-electron chi connectivity index (χ4n) is 1.27. The fraction of sp³-hybridized carbons (Fsp3) is 0.909. The number of likely N-dealkylation sites (N-methyl/N-ethyl adjacent to an activating group) is 1. The number of carbonyl (C=O) groups excluding carboxylic acids is 1. The van der Waals surface area contributed by atoms with Gasteiger partial charge in [0.1, 0.15) is 0 Å². The van der Waals surface area contributed by atoms with Crippen LogP contribution >= 0.6 is 0 Å². The Labute approximate surface area is 98.1 Å². The summed E-state index contributed by atoms with van der Waals surface area (Å²) < 4.78 is 10.1. The summed E-state index contributed by atoms with van der Waals surface area (Å²) in [4.78, 5) is 13.3. The van der Waals surface area contributed by atoms with Crippen LogP contribution in [0, 0.1) is 0 Å². The van der Waals surface area contributed by atoms with Crippen LogP contribution in [0.5, 0.6) is 0 Å². The topological polar surface area (TPSA) is 50.8 Å². The highest BCUT2D eigenvalue weighted by Crippen LogP contribution is 1.86. The number of hydrogen-bond donors (Lipinski definition) is 1. The molecule has 0 saturated heterocycles. The number of hydrogen-bond acceptors (Lipinski definition) is 4. The van der Waals surface area contributed by atoms with Gasteiger partial charge in [-0.15, -0.1) is 0 Å². The van der Waals surface area contributed by atoms with Crippen molar-refractivity contribution in [1.29, 1.82) is 0 Å². The molecular weight excluding hydrogens is 208 g/mol. The maximum atomic E-state index is 11.5. The number of nitrogens with zero attached hydrogens (tertiary/aromatic N) is 1. The van der Waals surface area contributed by atoms with E-state index in [1.807, 2.05) is 13.8 Å². The lowest BCUT2D eigenvalue weighted by atomic mass is 10.4. The highest BCUT2D eigenvalue weighted by molar-refractivity contribution is 5.78. The summed E-state index contributed by atoms with van der Waals surface area (Å²) in [6, 6.07) is 0. The van der Waals surface area contributed by atoms with Crippen molar-refractivity contribution >= 4 is 5.91 Å². The molecule has 0 spiro atoms. The van der Waals surface area contributed by atoms with Crippen LogP contribution in [-0.2, 0) is 14.3 Å². The quantitative estimate of drug-likeness (QED) is 0.543. The Hall–Kier alpha value is -0.650. The van der Waals surface area contributed by atoms with Crippen LogP contribution in [0.1, 0.15) is 13.8 Å². The van der Waals surface area contributed by atoms with Gasteiger partial charge in [0.2, 0.25) is 5.91 Å². The third-order valence-electron chi connectivity index (χ3n) is 2.25. The van der Waals surface area contributed by atoms with Gasteiger partial charge in [-0.1, -0.05) is 0 Å². The highest BCUT2D eigenvalue weighted by Gasteiger charge is 2.07. The lowest BCUT2D eigenvalue weighted by molar-refractivity contribution is -0.129. The van der Waals surface area contributed by atoms with Crippen molar-refractivity contribution in [2.24, 2.45) is 0 Å². The molecule has 0 rings (SSSR count). The molecule has 0 bridgehead atoms. The molecule has 0 aromatic rings. The van der Waals surface area contributed by atoms with E-state index in [1.54, 1.807) is 12.0 Å². The number of methoxy groups -OCH3 is 1. The number of nitrogens with one attached hydrogen (secondary N) is 1. The molecule has 16 heavy (non-hydrogen) atoms. The molecule has 0 saturated carbocycles. The zero-order valence-electron chi connectivity index (χ0n) is 10.6. The second-order valence-corrected chi connectivity index (χ2v) is 3.35. The first kappa shape index (κ1) is 15.3. The highest BCUT2D eigenvalue weighted by atomic mass is 16.5. The Balaban J connectivity index is 3.33. The van der Waals surface area contributed by atoms with Crippen molar-refractivity contribution in [2.45, 2.75) is 13.8 Å². The van der Waals surface area contributed by atoms with Crippen LogP contribution in [0.3, 0.4) is 0 Å². The van der Waals surface area contributed by atoms with Gasteiger partial charge in [0.05, 0.1) is 26.4 Å². The van der Waals surface area contributed by atoms with E-state index in [-0.39, 0.29) is 5.91 Å². The first-order chi connectivity index (χ1) is 7.76. The molecule has 0 unspecified atom stereocenters. The number of carbonyl (C=O) groups is 1.